The van der Waals surface area contributed by atoms with Gasteiger partial charge in [-0.05, 0) is 31.0 Å². The summed E-state index contributed by atoms with van der Waals surface area (Å²) in [5.74, 6) is 0. The minimum Gasteiger partial charge on any atom is -0.310 e. The summed E-state index contributed by atoms with van der Waals surface area (Å²) in [6.07, 6.45) is 3.89. The minimum absolute atomic E-state index is 0.530. The van der Waals surface area contributed by atoms with Crippen LogP contribution in [0.15, 0.2) is 29.2 Å². The summed E-state index contributed by atoms with van der Waals surface area (Å²) >= 11 is 4.47. The maximum Gasteiger partial charge on any atom is 0.0331 e. The van der Waals surface area contributed by atoms with E-state index in [9.17, 15) is 0 Å². The van der Waals surface area contributed by atoms with E-state index in [1.54, 1.807) is 0 Å². The van der Waals surface area contributed by atoms with Gasteiger partial charge in [0.1, 0.15) is 0 Å². The first kappa shape index (κ1) is 9.10. The van der Waals surface area contributed by atoms with Crippen LogP contribution in [-0.2, 0) is 0 Å². The van der Waals surface area contributed by atoms with Crippen LogP contribution in [0.2, 0.25) is 0 Å². The first-order valence-electron chi connectivity index (χ1n) is 4.89. The molecule has 1 N–H and O–H groups in total. The van der Waals surface area contributed by atoms with Crippen molar-refractivity contribution in [3.8, 4) is 0 Å². The van der Waals surface area contributed by atoms with Crippen LogP contribution in [0.25, 0.3) is 0 Å². The molecule has 70 valence electrons. The summed E-state index contributed by atoms with van der Waals surface area (Å²) in [5, 5.41) is 3.53. The van der Waals surface area contributed by atoms with E-state index in [0.717, 1.165) is 11.4 Å². The average molecular weight is 193 g/mol. The summed E-state index contributed by atoms with van der Waals surface area (Å²) in [6, 6.07) is 8.89. The Kier molecular flexibility index (Phi) is 2.91. The van der Waals surface area contributed by atoms with E-state index >= 15 is 0 Å². The molecule has 1 aromatic rings. The Morgan fingerprint density at radius 1 is 1.23 bits per heavy atom. The highest BCUT2D eigenvalue weighted by atomic mass is 32.1. The monoisotopic (exact) mass is 193 g/mol. The zero-order valence-corrected chi connectivity index (χ0v) is 8.56. The zero-order chi connectivity index (χ0) is 9.10. The molecule has 0 bridgehead atoms. The van der Waals surface area contributed by atoms with Crippen LogP contribution in [0.4, 0.5) is 0 Å². The second kappa shape index (κ2) is 4.16. The highest BCUT2D eigenvalue weighted by Gasteiger charge is 2.15. The predicted molar refractivity (Wildman–Crippen MR) is 58.3 cm³/mol. The largest absolute Gasteiger partial charge is 0.310 e. The van der Waals surface area contributed by atoms with Crippen LogP contribution in [0, 0.1) is 0 Å². The molecule has 0 saturated carbocycles. The molecular weight excluding hydrogens is 178 g/mol. The average Bonchev–Trinajstić information content (AvgIpc) is 2.20. The number of thiol groups is 1. The number of benzene rings is 1. The predicted octanol–water partition coefficient (Wildman–Crippen LogP) is 2.79. The van der Waals surface area contributed by atoms with E-state index in [1.165, 1.54) is 24.8 Å². The first-order valence-corrected chi connectivity index (χ1v) is 5.34. The third kappa shape index (κ3) is 2.06. The Morgan fingerprint density at radius 2 is 2.08 bits per heavy atom. The smallest absolute Gasteiger partial charge is 0.0331 e. The lowest BCUT2D eigenvalue weighted by Crippen LogP contribution is -2.26. The van der Waals surface area contributed by atoms with E-state index in [-0.39, 0.29) is 0 Å². The molecule has 1 unspecified atom stereocenters. The van der Waals surface area contributed by atoms with Crippen molar-refractivity contribution >= 4 is 12.6 Å². The number of piperidine rings is 1. The fraction of sp³-hybridized carbons (Fsp3) is 0.455. The van der Waals surface area contributed by atoms with Crippen LogP contribution in [0.1, 0.15) is 30.9 Å². The molecule has 0 aromatic heterocycles. The molecule has 1 aliphatic rings. The molecule has 2 heteroatoms. The minimum atomic E-state index is 0.530. The third-order valence-electron chi connectivity index (χ3n) is 2.62. The first-order chi connectivity index (χ1) is 6.38. The van der Waals surface area contributed by atoms with Gasteiger partial charge >= 0.3 is 0 Å². The standard InChI is InChI=1S/C11H15NS/c13-11-7-2-1-5-9(11)10-6-3-4-8-12-10/h1-2,5,7,10,12-13H,3-4,6,8H2. The lowest BCUT2D eigenvalue weighted by molar-refractivity contribution is 0.408. The lowest BCUT2D eigenvalue weighted by Gasteiger charge is -2.24. The maximum atomic E-state index is 4.47. The molecule has 0 radical (unpaired) electrons. The SMILES string of the molecule is Sc1ccccc1C1CCCCN1. The Balaban J connectivity index is 2.18. The molecular formula is C11H15NS. The van der Waals surface area contributed by atoms with E-state index < -0.39 is 0 Å². The van der Waals surface area contributed by atoms with Gasteiger partial charge in [-0.15, -0.1) is 12.6 Å². The van der Waals surface area contributed by atoms with Crippen molar-refractivity contribution in [2.75, 3.05) is 6.54 Å². The maximum absolute atomic E-state index is 4.47. The van der Waals surface area contributed by atoms with Crippen molar-refractivity contribution in [1.29, 1.82) is 0 Å². The van der Waals surface area contributed by atoms with E-state index in [2.05, 4.69) is 36.1 Å². The summed E-state index contributed by atoms with van der Waals surface area (Å²) in [5.41, 5.74) is 1.35. The van der Waals surface area contributed by atoms with Gasteiger partial charge in [0.2, 0.25) is 0 Å². The molecule has 0 spiro atoms. The van der Waals surface area contributed by atoms with Gasteiger partial charge < -0.3 is 5.32 Å². The van der Waals surface area contributed by atoms with Gasteiger partial charge in [-0.3, -0.25) is 0 Å². The fourth-order valence-electron chi connectivity index (χ4n) is 1.90. The highest BCUT2D eigenvalue weighted by Crippen LogP contribution is 2.27. The molecule has 0 aliphatic carbocycles. The van der Waals surface area contributed by atoms with E-state index in [4.69, 9.17) is 0 Å². The van der Waals surface area contributed by atoms with E-state index in [0.29, 0.717) is 6.04 Å². The van der Waals surface area contributed by atoms with Crippen molar-refractivity contribution < 1.29 is 0 Å². The van der Waals surface area contributed by atoms with Crippen LogP contribution >= 0.6 is 12.6 Å². The Labute approximate surface area is 85.0 Å². The molecule has 1 saturated heterocycles. The molecule has 1 heterocycles. The van der Waals surface area contributed by atoms with Crippen molar-refractivity contribution in [1.82, 2.24) is 5.32 Å². The highest BCUT2D eigenvalue weighted by molar-refractivity contribution is 7.80. The second-order valence-corrected chi connectivity index (χ2v) is 4.04. The molecule has 1 fully saturated rings. The van der Waals surface area contributed by atoms with Gasteiger partial charge in [0.25, 0.3) is 0 Å². The molecule has 1 aliphatic heterocycles. The summed E-state index contributed by atoms with van der Waals surface area (Å²) < 4.78 is 0. The number of nitrogens with one attached hydrogen (secondary N) is 1. The van der Waals surface area contributed by atoms with Crippen molar-refractivity contribution in [2.24, 2.45) is 0 Å². The van der Waals surface area contributed by atoms with Crippen LogP contribution in [0.3, 0.4) is 0 Å². The summed E-state index contributed by atoms with van der Waals surface area (Å²) in [4.78, 5) is 1.11. The van der Waals surface area contributed by atoms with Gasteiger partial charge in [-0.1, -0.05) is 24.6 Å². The molecule has 1 nitrogen and oxygen atoms in total. The molecule has 0 amide bonds. The van der Waals surface area contributed by atoms with Gasteiger partial charge in [0, 0.05) is 10.9 Å². The van der Waals surface area contributed by atoms with Gasteiger partial charge in [0.15, 0.2) is 0 Å². The number of hydrogen-bond acceptors (Lipinski definition) is 2. The van der Waals surface area contributed by atoms with Gasteiger partial charge in [-0.2, -0.15) is 0 Å². The summed E-state index contributed by atoms with van der Waals surface area (Å²) in [7, 11) is 0. The molecule has 1 atom stereocenters. The van der Waals surface area contributed by atoms with Crippen molar-refractivity contribution in [2.45, 2.75) is 30.2 Å². The molecule has 1 aromatic carbocycles. The second-order valence-electron chi connectivity index (χ2n) is 3.56. The fourth-order valence-corrected chi connectivity index (χ4v) is 2.22. The van der Waals surface area contributed by atoms with Crippen molar-refractivity contribution in [3.05, 3.63) is 29.8 Å². The topological polar surface area (TPSA) is 12.0 Å². The van der Waals surface area contributed by atoms with Gasteiger partial charge in [-0.25, -0.2) is 0 Å². The normalized spacial score (nSPS) is 23.0. The number of rotatable bonds is 1. The quantitative estimate of drug-likeness (QED) is 0.654. The van der Waals surface area contributed by atoms with Gasteiger partial charge in [0.05, 0.1) is 0 Å². The Bertz CT molecular complexity index is 279. The van der Waals surface area contributed by atoms with E-state index in [1.807, 2.05) is 6.07 Å². The third-order valence-corrected chi connectivity index (χ3v) is 3.03. The summed E-state index contributed by atoms with van der Waals surface area (Å²) in [6.45, 7) is 1.15. The zero-order valence-electron chi connectivity index (χ0n) is 7.66. The molecule has 13 heavy (non-hydrogen) atoms. The van der Waals surface area contributed by atoms with Crippen LogP contribution in [0.5, 0.6) is 0 Å². The number of hydrogen-bond donors (Lipinski definition) is 2. The van der Waals surface area contributed by atoms with Crippen LogP contribution < -0.4 is 5.32 Å². The Morgan fingerprint density at radius 3 is 2.77 bits per heavy atom. The Hall–Kier alpha value is -0.470. The van der Waals surface area contributed by atoms with Crippen LogP contribution in [-0.4, -0.2) is 6.54 Å². The molecule has 2 rings (SSSR count). The lowest BCUT2D eigenvalue weighted by atomic mass is 9.98. The van der Waals surface area contributed by atoms with Crippen molar-refractivity contribution in [3.63, 3.8) is 0 Å².